The Kier molecular flexibility index (Phi) is 2.69. The highest BCUT2D eigenvalue weighted by molar-refractivity contribution is 5.93. The molecule has 0 heterocycles. The minimum atomic E-state index is -0.998. The Labute approximate surface area is 76.5 Å². The second-order valence-corrected chi connectivity index (χ2v) is 2.72. The molecule has 13 heavy (non-hydrogen) atoms. The van der Waals surface area contributed by atoms with Gasteiger partial charge in [-0.2, -0.15) is 0 Å². The van der Waals surface area contributed by atoms with Gasteiger partial charge in [0.15, 0.2) is 0 Å². The summed E-state index contributed by atoms with van der Waals surface area (Å²) < 4.78 is 0. The fraction of sp³-hybridized carbons (Fsp3) is 0.100. The number of nitrogen functional groups attached to an aromatic ring is 1. The van der Waals surface area contributed by atoms with Crippen LogP contribution in [0, 0.1) is 0 Å². The van der Waals surface area contributed by atoms with Crippen molar-refractivity contribution in [2.45, 2.75) is 6.42 Å². The molecule has 0 aliphatic carbocycles. The molecule has 0 atom stereocenters. The summed E-state index contributed by atoms with van der Waals surface area (Å²) in [5.41, 5.74) is 6.95. The molecule has 0 spiro atoms. The van der Waals surface area contributed by atoms with E-state index >= 15 is 0 Å². The van der Waals surface area contributed by atoms with E-state index in [1.807, 2.05) is 0 Å². The van der Waals surface area contributed by atoms with Crippen LogP contribution in [0.3, 0.4) is 0 Å². The Morgan fingerprint density at radius 3 is 2.77 bits per heavy atom. The summed E-state index contributed by atoms with van der Waals surface area (Å²) in [6.07, 6.45) is 2.44. The number of allylic oxidation sites excluding steroid dienone is 1. The number of hydrogen-bond donors (Lipinski definition) is 2. The van der Waals surface area contributed by atoms with Crippen molar-refractivity contribution >= 4 is 11.7 Å². The molecular formula is C10H11NO2. The second-order valence-electron chi connectivity index (χ2n) is 2.72. The van der Waals surface area contributed by atoms with Crippen molar-refractivity contribution in [2.24, 2.45) is 0 Å². The predicted molar refractivity (Wildman–Crippen MR) is 51.7 cm³/mol. The van der Waals surface area contributed by atoms with E-state index in [-0.39, 0.29) is 5.56 Å². The highest BCUT2D eigenvalue weighted by Crippen LogP contribution is 2.14. The lowest BCUT2D eigenvalue weighted by Gasteiger charge is -2.02. The van der Waals surface area contributed by atoms with Gasteiger partial charge in [0.25, 0.3) is 0 Å². The summed E-state index contributed by atoms with van der Waals surface area (Å²) in [5, 5.41) is 8.69. The van der Waals surface area contributed by atoms with Gasteiger partial charge in [0, 0.05) is 5.69 Å². The highest BCUT2D eigenvalue weighted by atomic mass is 16.4. The monoisotopic (exact) mass is 177 g/mol. The van der Waals surface area contributed by atoms with Crippen molar-refractivity contribution < 1.29 is 9.90 Å². The van der Waals surface area contributed by atoms with Gasteiger partial charge < -0.3 is 10.8 Å². The van der Waals surface area contributed by atoms with Crippen molar-refractivity contribution in [1.29, 1.82) is 0 Å². The average Bonchev–Trinajstić information content (AvgIpc) is 2.04. The van der Waals surface area contributed by atoms with Gasteiger partial charge in [0.2, 0.25) is 0 Å². The first-order valence-corrected chi connectivity index (χ1v) is 3.87. The van der Waals surface area contributed by atoms with E-state index in [2.05, 4.69) is 6.58 Å². The van der Waals surface area contributed by atoms with Gasteiger partial charge in [0.05, 0.1) is 5.56 Å². The van der Waals surface area contributed by atoms with Crippen molar-refractivity contribution in [1.82, 2.24) is 0 Å². The largest absolute Gasteiger partial charge is 0.478 e. The third-order valence-corrected chi connectivity index (χ3v) is 1.73. The van der Waals surface area contributed by atoms with Gasteiger partial charge in [-0.1, -0.05) is 12.1 Å². The van der Waals surface area contributed by atoms with E-state index in [0.29, 0.717) is 12.1 Å². The quantitative estimate of drug-likeness (QED) is 0.545. The molecule has 3 nitrogen and oxygen atoms in total. The van der Waals surface area contributed by atoms with Crippen LogP contribution < -0.4 is 5.73 Å². The smallest absolute Gasteiger partial charge is 0.337 e. The van der Waals surface area contributed by atoms with Gasteiger partial charge in [-0.05, 0) is 24.1 Å². The average molecular weight is 177 g/mol. The standard InChI is InChI=1S/C10H11NO2/c1-2-3-7-4-5-8(10(12)13)9(11)6-7/h2,4-6H,1,3,11H2,(H,12,13). The Balaban J connectivity index is 3.05. The molecule has 0 amide bonds. The zero-order chi connectivity index (χ0) is 9.84. The predicted octanol–water partition coefficient (Wildman–Crippen LogP) is 1.70. The van der Waals surface area contributed by atoms with Crippen LogP contribution in [-0.4, -0.2) is 11.1 Å². The SMILES string of the molecule is C=CCc1ccc(C(=O)O)c(N)c1. The summed E-state index contributed by atoms with van der Waals surface area (Å²) in [5.74, 6) is -0.998. The van der Waals surface area contributed by atoms with E-state index in [1.54, 1.807) is 18.2 Å². The van der Waals surface area contributed by atoms with E-state index in [1.165, 1.54) is 6.07 Å². The van der Waals surface area contributed by atoms with Gasteiger partial charge in [-0.25, -0.2) is 4.79 Å². The molecule has 3 heteroatoms. The second kappa shape index (κ2) is 3.76. The Morgan fingerprint density at radius 1 is 1.62 bits per heavy atom. The van der Waals surface area contributed by atoms with Crippen molar-refractivity contribution in [3.63, 3.8) is 0 Å². The maximum atomic E-state index is 10.6. The number of benzene rings is 1. The molecule has 1 rings (SSSR count). The van der Waals surface area contributed by atoms with Crippen molar-refractivity contribution in [2.75, 3.05) is 5.73 Å². The molecule has 0 saturated carbocycles. The van der Waals surface area contributed by atoms with E-state index in [0.717, 1.165) is 5.56 Å². The number of rotatable bonds is 3. The number of hydrogen-bond acceptors (Lipinski definition) is 2. The number of anilines is 1. The number of carbonyl (C=O) groups is 1. The summed E-state index contributed by atoms with van der Waals surface area (Å²) in [7, 11) is 0. The summed E-state index contributed by atoms with van der Waals surface area (Å²) >= 11 is 0. The maximum Gasteiger partial charge on any atom is 0.337 e. The van der Waals surface area contributed by atoms with E-state index in [4.69, 9.17) is 10.8 Å². The molecule has 0 aliphatic heterocycles. The molecule has 0 aliphatic rings. The summed E-state index contributed by atoms with van der Waals surface area (Å²) in [6.45, 7) is 3.59. The number of aromatic carboxylic acids is 1. The Bertz CT molecular complexity index is 345. The first-order valence-electron chi connectivity index (χ1n) is 3.87. The Hall–Kier alpha value is -1.77. The fourth-order valence-corrected chi connectivity index (χ4v) is 1.10. The van der Waals surface area contributed by atoms with E-state index in [9.17, 15) is 4.79 Å². The van der Waals surface area contributed by atoms with Gasteiger partial charge in [-0.15, -0.1) is 6.58 Å². The topological polar surface area (TPSA) is 63.3 Å². The molecule has 0 fully saturated rings. The van der Waals surface area contributed by atoms with Crippen LogP contribution in [0.2, 0.25) is 0 Å². The Morgan fingerprint density at radius 2 is 2.31 bits per heavy atom. The van der Waals surface area contributed by atoms with Crippen LogP contribution in [-0.2, 0) is 6.42 Å². The molecule has 3 N–H and O–H groups in total. The normalized spacial score (nSPS) is 9.54. The third kappa shape index (κ3) is 2.08. The minimum absolute atomic E-state index is 0.146. The molecule has 0 saturated heterocycles. The number of nitrogens with two attached hydrogens (primary N) is 1. The van der Waals surface area contributed by atoms with Crippen molar-refractivity contribution in [3.8, 4) is 0 Å². The van der Waals surface area contributed by atoms with Crippen LogP contribution in [0.1, 0.15) is 15.9 Å². The lowest BCUT2D eigenvalue weighted by Crippen LogP contribution is -2.02. The first kappa shape index (κ1) is 9.32. The van der Waals surface area contributed by atoms with Crippen LogP contribution >= 0.6 is 0 Å². The summed E-state index contributed by atoms with van der Waals surface area (Å²) in [6, 6.07) is 4.91. The third-order valence-electron chi connectivity index (χ3n) is 1.73. The molecule has 0 aromatic heterocycles. The van der Waals surface area contributed by atoms with Crippen LogP contribution in [0.15, 0.2) is 30.9 Å². The van der Waals surface area contributed by atoms with Gasteiger partial charge in [-0.3, -0.25) is 0 Å². The zero-order valence-corrected chi connectivity index (χ0v) is 7.16. The molecule has 0 unspecified atom stereocenters. The van der Waals surface area contributed by atoms with Crippen LogP contribution in [0.25, 0.3) is 0 Å². The molecular weight excluding hydrogens is 166 g/mol. The summed E-state index contributed by atoms with van der Waals surface area (Å²) in [4.78, 5) is 10.6. The zero-order valence-electron chi connectivity index (χ0n) is 7.16. The van der Waals surface area contributed by atoms with Crippen LogP contribution in [0.4, 0.5) is 5.69 Å². The molecule has 0 bridgehead atoms. The van der Waals surface area contributed by atoms with Gasteiger partial charge in [0.1, 0.15) is 0 Å². The maximum absolute atomic E-state index is 10.6. The molecule has 0 radical (unpaired) electrons. The minimum Gasteiger partial charge on any atom is -0.478 e. The molecule has 1 aromatic carbocycles. The lowest BCUT2D eigenvalue weighted by molar-refractivity contribution is 0.0698. The first-order chi connectivity index (χ1) is 6.15. The highest BCUT2D eigenvalue weighted by Gasteiger charge is 2.06. The lowest BCUT2D eigenvalue weighted by atomic mass is 10.1. The van der Waals surface area contributed by atoms with E-state index < -0.39 is 5.97 Å². The molecule has 1 aromatic rings. The van der Waals surface area contributed by atoms with Crippen LogP contribution in [0.5, 0.6) is 0 Å². The number of carboxylic acids is 1. The van der Waals surface area contributed by atoms with Crippen molar-refractivity contribution in [3.05, 3.63) is 42.0 Å². The van der Waals surface area contributed by atoms with Gasteiger partial charge >= 0.3 is 5.97 Å². The molecule has 68 valence electrons. The fourth-order valence-electron chi connectivity index (χ4n) is 1.10. The number of carboxylic acid groups (broad SMARTS) is 1.